The Balaban J connectivity index is 1.15. The molecule has 2 nitrogen and oxygen atoms in total. The Labute approximate surface area is 390 Å². The summed E-state index contributed by atoms with van der Waals surface area (Å²) in [6.07, 6.45) is 0. The maximum Gasteiger partial charge on any atom is 0.0541 e. The van der Waals surface area contributed by atoms with Crippen LogP contribution in [0.5, 0.6) is 0 Å². The summed E-state index contributed by atoms with van der Waals surface area (Å²) in [5.74, 6) is 0. The molecule has 11 rings (SSSR count). The molecule has 324 valence electrons. The van der Waals surface area contributed by atoms with Crippen LogP contribution in [0.2, 0.25) is 0 Å². The zero-order valence-electron chi connectivity index (χ0n) is 39.8. The van der Waals surface area contributed by atoms with E-state index in [4.69, 9.17) is 0 Å². The monoisotopic (exact) mass is 854 g/mol. The standard InChI is InChI=1S/C64H58N2/c1-62(2,3)46-27-31-49(32-28-46)65(55-18-14-13-17-50(55)43-21-19-42(20-22-43)41-15-11-10-12-16-41)56-35-25-44-24-34-52-57(36-26-45-23-33-51(56)60(44)61(45)52)66-58-37-29-47(63(4,5)6)39-53(58)54-40-48(64(7,8)9)30-38-59(54)66/h10-40H,1-9H3. The number of rotatable bonds is 6. The van der Waals surface area contributed by atoms with E-state index >= 15 is 0 Å². The summed E-state index contributed by atoms with van der Waals surface area (Å²) in [5, 5.41) is 10.2. The second-order valence-corrected chi connectivity index (χ2v) is 21.5. The fourth-order valence-electron chi connectivity index (χ4n) is 10.3. The van der Waals surface area contributed by atoms with Gasteiger partial charge in [-0.15, -0.1) is 0 Å². The third-order valence-electron chi connectivity index (χ3n) is 14.0. The van der Waals surface area contributed by atoms with Crippen LogP contribution >= 0.6 is 0 Å². The average Bonchev–Trinajstić information content (AvgIpc) is 3.64. The lowest BCUT2D eigenvalue weighted by Crippen LogP contribution is -2.14. The van der Waals surface area contributed by atoms with Gasteiger partial charge in [-0.2, -0.15) is 0 Å². The van der Waals surface area contributed by atoms with Gasteiger partial charge in [-0.05, 0) is 126 Å². The van der Waals surface area contributed by atoms with Crippen molar-refractivity contribution in [1.82, 2.24) is 4.57 Å². The van der Waals surface area contributed by atoms with Gasteiger partial charge in [0.05, 0.1) is 28.1 Å². The van der Waals surface area contributed by atoms with Gasteiger partial charge in [0.2, 0.25) is 0 Å². The Hall–Kier alpha value is -7.16. The van der Waals surface area contributed by atoms with Gasteiger partial charge in [-0.25, -0.2) is 0 Å². The van der Waals surface area contributed by atoms with E-state index in [9.17, 15) is 0 Å². The van der Waals surface area contributed by atoms with Crippen LogP contribution in [0, 0.1) is 0 Å². The van der Waals surface area contributed by atoms with Crippen LogP contribution in [-0.2, 0) is 16.2 Å². The molecular formula is C64H58N2. The molecule has 1 heterocycles. The van der Waals surface area contributed by atoms with E-state index in [-0.39, 0.29) is 16.2 Å². The second-order valence-electron chi connectivity index (χ2n) is 21.5. The van der Waals surface area contributed by atoms with Gasteiger partial charge >= 0.3 is 0 Å². The van der Waals surface area contributed by atoms with Crippen molar-refractivity contribution in [2.75, 3.05) is 4.90 Å². The van der Waals surface area contributed by atoms with E-state index in [2.05, 4.69) is 260 Å². The SMILES string of the molecule is CC(C)(C)c1ccc(N(c2ccccc2-c2ccc(-c3ccccc3)cc2)c2ccc3ccc4c(-n5c6ccc(C(C)(C)C)cc6c6cc(C(C)(C)C)ccc65)ccc5ccc2c3c54)cc1. The fourth-order valence-corrected chi connectivity index (χ4v) is 10.3. The molecule has 2 heteroatoms. The average molecular weight is 855 g/mol. The number of hydrogen-bond acceptors (Lipinski definition) is 1. The Morgan fingerprint density at radius 2 is 0.833 bits per heavy atom. The molecule has 0 N–H and O–H groups in total. The molecule has 0 aliphatic carbocycles. The highest BCUT2D eigenvalue weighted by Crippen LogP contribution is 2.48. The van der Waals surface area contributed by atoms with Crippen LogP contribution in [0.15, 0.2) is 188 Å². The minimum Gasteiger partial charge on any atom is -0.309 e. The van der Waals surface area contributed by atoms with Crippen molar-refractivity contribution in [3.63, 3.8) is 0 Å². The van der Waals surface area contributed by atoms with Crippen molar-refractivity contribution in [1.29, 1.82) is 0 Å². The summed E-state index contributed by atoms with van der Waals surface area (Å²) in [7, 11) is 0. The van der Waals surface area contributed by atoms with E-state index in [1.165, 1.54) is 98.8 Å². The van der Waals surface area contributed by atoms with Gasteiger partial charge in [0.25, 0.3) is 0 Å². The zero-order chi connectivity index (χ0) is 45.7. The molecule has 1 aromatic heterocycles. The highest BCUT2D eigenvalue weighted by atomic mass is 15.1. The van der Waals surface area contributed by atoms with Gasteiger partial charge in [0.1, 0.15) is 0 Å². The van der Waals surface area contributed by atoms with E-state index in [0.29, 0.717) is 0 Å². The maximum atomic E-state index is 2.53. The molecule has 11 aromatic rings. The molecule has 0 bridgehead atoms. The van der Waals surface area contributed by atoms with Crippen LogP contribution in [0.3, 0.4) is 0 Å². The van der Waals surface area contributed by atoms with Crippen LogP contribution in [-0.4, -0.2) is 4.57 Å². The van der Waals surface area contributed by atoms with Gasteiger partial charge in [-0.1, -0.05) is 196 Å². The first kappa shape index (κ1) is 41.5. The first-order valence-electron chi connectivity index (χ1n) is 23.6. The van der Waals surface area contributed by atoms with Crippen LogP contribution in [0.1, 0.15) is 79.0 Å². The number of anilines is 3. The lowest BCUT2D eigenvalue weighted by atomic mass is 9.85. The van der Waals surface area contributed by atoms with Crippen molar-refractivity contribution in [2.45, 2.75) is 78.6 Å². The van der Waals surface area contributed by atoms with Crippen molar-refractivity contribution >= 4 is 71.2 Å². The van der Waals surface area contributed by atoms with E-state index in [1.54, 1.807) is 0 Å². The fraction of sp³-hybridized carbons (Fsp3) is 0.188. The third kappa shape index (κ3) is 6.94. The number of aromatic nitrogens is 1. The molecule has 0 aliphatic heterocycles. The van der Waals surface area contributed by atoms with Crippen LogP contribution in [0.4, 0.5) is 17.1 Å². The van der Waals surface area contributed by atoms with Gasteiger partial charge in [0.15, 0.2) is 0 Å². The summed E-state index contributed by atoms with van der Waals surface area (Å²) in [4.78, 5) is 2.49. The Morgan fingerprint density at radius 1 is 0.348 bits per heavy atom. The molecule has 0 fully saturated rings. The Morgan fingerprint density at radius 3 is 1.44 bits per heavy atom. The number of fused-ring (bicyclic) bond motifs is 3. The molecule has 0 atom stereocenters. The highest BCUT2D eigenvalue weighted by Gasteiger charge is 2.25. The number of hydrogen-bond donors (Lipinski definition) is 0. The molecule has 0 amide bonds. The summed E-state index contributed by atoms with van der Waals surface area (Å²) in [5.41, 5.74) is 16.0. The largest absolute Gasteiger partial charge is 0.309 e. The summed E-state index contributed by atoms with van der Waals surface area (Å²) >= 11 is 0. The lowest BCUT2D eigenvalue weighted by Gasteiger charge is -2.30. The molecule has 0 unspecified atom stereocenters. The predicted octanol–water partition coefficient (Wildman–Crippen LogP) is 18.4. The minimum absolute atomic E-state index is 0.0327. The van der Waals surface area contributed by atoms with Crippen molar-refractivity contribution in [3.05, 3.63) is 205 Å². The highest BCUT2D eigenvalue weighted by molar-refractivity contribution is 6.27. The van der Waals surface area contributed by atoms with Crippen LogP contribution in [0.25, 0.3) is 82.1 Å². The Bertz CT molecular complexity index is 3530. The second kappa shape index (κ2) is 15.2. The third-order valence-corrected chi connectivity index (χ3v) is 14.0. The maximum absolute atomic E-state index is 2.53. The predicted molar refractivity (Wildman–Crippen MR) is 286 cm³/mol. The summed E-state index contributed by atoms with van der Waals surface area (Å²) in [6, 6.07) is 70.9. The van der Waals surface area contributed by atoms with E-state index < -0.39 is 0 Å². The molecule has 66 heavy (non-hydrogen) atoms. The van der Waals surface area contributed by atoms with Gasteiger partial charge in [-0.3, -0.25) is 0 Å². The number of nitrogens with zero attached hydrogens (tertiary/aromatic N) is 2. The molecule has 0 radical (unpaired) electrons. The van der Waals surface area contributed by atoms with Crippen LogP contribution < -0.4 is 4.90 Å². The zero-order valence-corrected chi connectivity index (χ0v) is 39.8. The molecular weight excluding hydrogens is 797 g/mol. The molecule has 0 saturated heterocycles. The first-order valence-corrected chi connectivity index (χ1v) is 23.6. The number of benzene rings is 10. The molecule has 0 spiro atoms. The van der Waals surface area contributed by atoms with Gasteiger partial charge in [0, 0.05) is 32.8 Å². The smallest absolute Gasteiger partial charge is 0.0541 e. The normalized spacial score (nSPS) is 12.6. The van der Waals surface area contributed by atoms with E-state index in [0.717, 1.165) is 17.1 Å². The lowest BCUT2D eigenvalue weighted by molar-refractivity contribution is 0.590. The topological polar surface area (TPSA) is 8.17 Å². The van der Waals surface area contributed by atoms with Crippen molar-refractivity contribution in [2.24, 2.45) is 0 Å². The first-order chi connectivity index (χ1) is 31.6. The molecule has 0 saturated carbocycles. The number of para-hydroxylation sites is 1. The van der Waals surface area contributed by atoms with Gasteiger partial charge < -0.3 is 9.47 Å². The quantitative estimate of drug-likeness (QED) is 0.151. The van der Waals surface area contributed by atoms with Crippen molar-refractivity contribution < 1.29 is 0 Å². The van der Waals surface area contributed by atoms with E-state index in [1.807, 2.05) is 0 Å². The van der Waals surface area contributed by atoms with Crippen molar-refractivity contribution in [3.8, 4) is 27.9 Å². The summed E-state index contributed by atoms with van der Waals surface area (Å²) in [6.45, 7) is 20.7. The minimum atomic E-state index is 0.0327. The molecule has 0 aliphatic rings. The Kier molecular flexibility index (Phi) is 9.57. The molecule has 10 aromatic carbocycles. The summed E-state index contributed by atoms with van der Waals surface area (Å²) < 4.78 is 2.53.